The van der Waals surface area contributed by atoms with Gasteiger partial charge >= 0.3 is 12.1 Å². The molecule has 1 aromatic heterocycles. The van der Waals surface area contributed by atoms with Crippen LogP contribution in [0, 0.1) is 5.92 Å². The van der Waals surface area contributed by atoms with Crippen LogP contribution >= 0.6 is 11.3 Å². The molecule has 0 saturated carbocycles. The molecule has 0 aromatic carbocycles. The van der Waals surface area contributed by atoms with Crippen LogP contribution in [0.15, 0.2) is 10.5 Å². The summed E-state index contributed by atoms with van der Waals surface area (Å²) >= 11 is 1.00. The first-order chi connectivity index (χ1) is 18.8. The number of hydrogen-bond acceptors (Lipinski definition) is 11. The monoisotopic (exact) mass is 594 g/mol. The summed E-state index contributed by atoms with van der Waals surface area (Å²) in [7, 11) is 0. The number of nitrogens with one attached hydrogen (secondary N) is 4. The third kappa shape index (κ3) is 8.87. The Hall–Kier alpha value is -3.75. The Morgan fingerprint density at radius 3 is 2.27 bits per heavy atom. The topological polar surface area (TPSA) is 186 Å². The molecule has 2 aliphatic rings. The third-order valence-corrected chi connectivity index (χ3v) is 6.58. The molecule has 1 aromatic rings. The van der Waals surface area contributed by atoms with Crippen LogP contribution in [0.3, 0.4) is 0 Å². The van der Waals surface area contributed by atoms with Crippen LogP contribution in [0.4, 0.5) is 9.93 Å². The van der Waals surface area contributed by atoms with Gasteiger partial charge in [0, 0.05) is 17.8 Å². The lowest BCUT2D eigenvalue weighted by atomic mass is 9.88. The maximum Gasteiger partial charge on any atom is 0.413 e. The average Bonchev–Trinajstić information content (AvgIpc) is 3.43. The first kappa shape index (κ1) is 31.8. The predicted octanol–water partition coefficient (Wildman–Crippen LogP) is 1.84. The summed E-state index contributed by atoms with van der Waals surface area (Å²) in [6.07, 6.45) is 0.254. The van der Waals surface area contributed by atoms with Crippen LogP contribution < -0.4 is 21.3 Å². The fourth-order valence-electron chi connectivity index (χ4n) is 3.82. The summed E-state index contributed by atoms with van der Waals surface area (Å²) in [5, 5.41) is 16.1. The van der Waals surface area contributed by atoms with Gasteiger partial charge in [0.1, 0.15) is 22.9 Å². The molecule has 2 fully saturated rings. The summed E-state index contributed by atoms with van der Waals surface area (Å²) in [4.78, 5) is 72.4. The van der Waals surface area contributed by atoms with Crippen molar-refractivity contribution in [3.63, 3.8) is 0 Å². The van der Waals surface area contributed by atoms with Crippen LogP contribution in [0.2, 0.25) is 0 Å². The minimum absolute atomic E-state index is 0.0185. The number of carbonyl (C=O) groups excluding carboxylic acids is 5. The van der Waals surface area contributed by atoms with E-state index in [1.165, 1.54) is 19.2 Å². The van der Waals surface area contributed by atoms with Gasteiger partial charge < -0.3 is 30.3 Å². The smallest absolute Gasteiger partial charge is 0.413 e. The molecular weight excluding hydrogens is 556 g/mol. The Balaban J connectivity index is 1.82. The average molecular weight is 595 g/mol. The largest absolute Gasteiger partial charge is 0.457 e. The van der Waals surface area contributed by atoms with E-state index in [2.05, 4.69) is 31.4 Å². The normalized spacial score (nSPS) is 21.3. The van der Waals surface area contributed by atoms with Crippen molar-refractivity contribution >= 4 is 52.0 Å². The summed E-state index contributed by atoms with van der Waals surface area (Å²) in [6, 6.07) is -1.38. The third-order valence-electron chi connectivity index (χ3n) is 5.83. The van der Waals surface area contributed by atoms with Gasteiger partial charge in [0.05, 0.1) is 6.04 Å². The van der Waals surface area contributed by atoms with Crippen molar-refractivity contribution in [2.24, 2.45) is 11.1 Å². The van der Waals surface area contributed by atoms with Crippen LogP contribution in [-0.2, 0) is 33.5 Å². The molecule has 3 heterocycles. The van der Waals surface area contributed by atoms with Gasteiger partial charge in [-0.1, -0.05) is 5.16 Å². The molecule has 0 radical (unpaired) electrons. The summed E-state index contributed by atoms with van der Waals surface area (Å²) < 4.78 is 10.6. The number of thiazole rings is 1. The summed E-state index contributed by atoms with van der Waals surface area (Å²) in [5.41, 5.74) is -3.44. The molecule has 2 aliphatic heterocycles. The summed E-state index contributed by atoms with van der Waals surface area (Å²) in [5.74, 6) is -2.30. The van der Waals surface area contributed by atoms with Gasteiger partial charge in [0.25, 0.3) is 5.91 Å². The second-order valence-corrected chi connectivity index (χ2v) is 13.1. The lowest BCUT2D eigenvalue weighted by molar-refractivity contribution is -0.179. The van der Waals surface area contributed by atoms with Crippen LogP contribution in [0.25, 0.3) is 0 Å². The molecule has 3 rings (SSSR count). The number of carbonyl (C=O) groups is 5. The van der Waals surface area contributed by atoms with Crippen molar-refractivity contribution in [2.75, 3.05) is 11.9 Å². The molecule has 0 bridgehead atoms. The molecular formula is C26H38N6O8S. The molecule has 2 saturated heterocycles. The Bertz CT molecular complexity index is 1230. The van der Waals surface area contributed by atoms with Gasteiger partial charge in [0.15, 0.2) is 10.8 Å². The Morgan fingerprint density at radius 1 is 1.05 bits per heavy atom. The van der Waals surface area contributed by atoms with E-state index in [4.69, 9.17) is 14.3 Å². The van der Waals surface area contributed by atoms with Crippen molar-refractivity contribution in [1.29, 1.82) is 0 Å². The maximum atomic E-state index is 13.4. The van der Waals surface area contributed by atoms with Gasteiger partial charge in [-0.15, -0.1) is 11.3 Å². The molecule has 226 valence electrons. The lowest BCUT2D eigenvalue weighted by Gasteiger charge is -2.38. The van der Waals surface area contributed by atoms with E-state index in [1.807, 2.05) is 0 Å². The zero-order chi connectivity index (χ0) is 30.8. The second kappa shape index (κ2) is 12.0. The predicted molar refractivity (Wildman–Crippen MR) is 149 cm³/mol. The number of esters is 1. The molecule has 15 heteroatoms. The quantitative estimate of drug-likeness (QED) is 0.143. The molecule has 4 N–H and O–H groups in total. The van der Waals surface area contributed by atoms with E-state index in [-0.39, 0.29) is 28.4 Å². The fraction of sp³-hybridized carbons (Fsp3) is 0.654. The van der Waals surface area contributed by atoms with Crippen molar-refractivity contribution in [1.82, 2.24) is 20.9 Å². The van der Waals surface area contributed by atoms with Gasteiger partial charge in [-0.05, 0) is 68.2 Å². The maximum absolute atomic E-state index is 13.4. The van der Waals surface area contributed by atoms with E-state index in [9.17, 15) is 24.0 Å². The van der Waals surface area contributed by atoms with Crippen LogP contribution in [0.5, 0.6) is 0 Å². The fourth-order valence-corrected chi connectivity index (χ4v) is 4.50. The van der Waals surface area contributed by atoms with Crippen LogP contribution in [-0.4, -0.2) is 75.9 Å². The number of rotatable bonds is 9. The number of aromatic nitrogens is 1. The van der Waals surface area contributed by atoms with Gasteiger partial charge in [-0.3, -0.25) is 19.7 Å². The molecule has 0 aliphatic carbocycles. The molecule has 41 heavy (non-hydrogen) atoms. The zero-order valence-corrected chi connectivity index (χ0v) is 25.3. The van der Waals surface area contributed by atoms with Gasteiger partial charge in [-0.25, -0.2) is 14.6 Å². The van der Waals surface area contributed by atoms with E-state index in [1.54, 1.807) is 41.5 Å². The number of anilines is 1. The van der Waals surface area contributed by atoms with Gasteiger partial charge in [0.2, 0.25) is 17.4 Å². The van der Waals surface area contributed by atoms with Crippen molar-refractivity contribution in [3.05, 3.63) is 11.1 Å². The van der Waals surface area contributed by atoms with Gasteiger partial charge in [-0.2, -0.15) is 0 Å². The van der Waals surface area contributed by atoms with Crippen molar-refractivity contribution in [3.8, 4) is 0 Å². The zero-order valence-electron chi connectivity index (χ0n) is 24.5. The van der Waals surface area contributed by atoms with E-state index >= 15 is 0 Å². The SMILES string of the molecule is CC(C)(C)OC(=O)Nc1nc(/C(=N/OC(C)(C)C(=O)OC(C)(C)C)C(=O)N[C@@H]2C(=O)N[C@@H]2CC2CCNC2=O)cs1. The molecule has 1 unspecified atom stereocenters. The molecule has 14 nitrogen and oxygen atoms in total. The van der Waals surface area contributed by atoms with Crippen LogP contribution in [0.1, 0.15) is 73.9 Å². The first-order valence-corrected chi connectivity index (χ1v) is 14.1. The van der Waals surface area contributed by atoms with Crippen molar-refractivity contribution in [2.45, 2.75) is 97.1 Å². The number of oxime groups is 1. The highest BCUT2D eigenvalue weighted by Crippen LogP contribution is 2.24. The number of amides is 4. The van der Waals surface area contributed by atoms with E-state index in [0.717, 1.165) is 11.3 Å². The molecule has 3 atom stereocenters. The highest BCUT2D eigenvalue weighted by molar-refractivity contribution is 7.14. The minimum atomic E-state index is -1.58. The Morgan fingerprint density at radius 2 is 1.71 bits per heavy atom. The van der Waals surface area contributed by atoms with E-state index < -0.39 is 52.8 Å². The number of hydrogen-bond donors (Lipinski definition) is 4. The number of nitrogens with zero attached hydrogens (tertiary/aromatic N) is 2. The molecule has 0 spiro atoms. The molecule has 4 amide bonds. The number of β-lactam (4-membered cyclic amide) rings is 1. The Kier molecular flexibility index (Phi) is 9.30. The van der Waals surface area contributed by atoms with Crippen molar-refractivity contribution < 1.29 is 38.3 Å². The first-order valence-electron chi connectivity index (χ1n) is 13.2. The number of ether oxygens (including phenoxy) is 2. The standard InChI is InChI=1S/C26H38N6O8S/c1-24(2,3)38-21(36)26(7,8)40-32-17(15-12-41-22(29-15)31-23(37)39-25(4,5)6)20(35)30-16-14(28-19(16)34)11-13-9-10-27-18(13)33/h12-14,16H,9-11H2,1-8H3,(H,27,33)(H,28,34)(H,30,35)(H,29,31,37)/b32-17-/t13?,14-,16+/m1/s1. The highest BCUT2D eigenvalue weighted by atomic mass is 32.1. The summed E-state index contributed by atoms with van der Waals surface area (Å²) in [6.45, 7) is 13.7. The highest BCUT2D eigenvalue weighted by Gasteiger charge is 2.44. The second-order valence-electron chi connectivity index (χ2n) is 12.3. The Labute approximate surface area is 242 Å². The minimum Gasteiger partial charge on any atom is -0.457 e. The lowest BCUT2D eigenvalue weighted by Crippen LogP contribution is -2.70. The van der Waals surface area contributed by atoms with E-state index in [0.29, 0.717) is 19.4 Å².